The molecule has 0 bridgehead atoms. The molecule has 0 aliphatic rings. The molecule has 1 amide bonds. The van der Waals surface area contributed by atoms with E-state index in [1.165, 1.54) is 0 Å². The Morgan fingerprint density at radius 2 is 1.95 bits per heavy atom. The maximum Gasteiger partial charge on any atom is 0.257 e. The van der Waals surface area contributed by atoms with Crippen LogP contribution in [0.15, 0.2) is 41.0 Å². The fourth-order valence-electron chi connectivity index (χ4n) is 2.14. The summed E-state index contributed by atoms with van der Waals surface area (Å²) in [7, 11) is 0. The van der Waals surface area contributed by atoms with Gasteiger partial charge in [0.05, 0.1) is 11.8 Å². The molecule has 1 aromatic carbocycles. The molecule has 20 heavy (non-hydrogen) atoms. The first-order chi connectivity index (χ1) is 9.61. The molecule has 1 aromatic heterocycles. The third kappa shape index (κ3) is 3.20. The Labute approximate surface area is 119 Å². The van der Waals surface area contributed by atoms with Gasteiger partial charge < -0.3 is 15.1 Å². The van der Waals surface area contributed by atoms with E-state index in [2.05, 4.69) is 6.92 Å². The summed E-state index contributed by atoms with van der Waals surface area (Å²) in [4.78, 5) is 14.4. The van der Waals surface area contributed by atoms with E-state index in [1.807, 2.05) is 29.2 Å². The van der Waals surface area contributed by atoms with E-state index in [9.17, 15) is 4.79 Å². The van der Waals surface area contributed by atoms with Gasteiger partial charge >= 0.3 is 0 Å². The third-order valence-electron chi connectivity index (χ3n) is 3.22. The van der Waals surface area contributed by atoms with Crippen LogP contribution in [0.5, 0.6) is 0 Å². The number of amides is 1. The number of anilines is 1. The minimum atomic E-state index is 0.00919. The lowest BCUT2D eigenvalue weighted by Crippen LogP contribution is -2.31. The SMILES string of the molecule is CCCN(Cc1ccc(N)cc1)C(=O)c1ccoc1C. The van der Waals surface area contributed by atoms with Crippen LogP contribution < -0.4 is 5.73 Å². The van der Waals surface area contributed by atoms with Crippen LogP contribution in [0.2, 0.25) is 0 Å². The van der Waals surface area contributed by atoms with Crippen molar-refractivity contribution in [3.8, 4) is 0 Å². The molecule has 1 heterocycles. The monoisotopic (exact) mass is 272 g/mol. The normalized spacial score (nSPS) is 10.5. The van der Waals surface area contributed by atoms with Crippen LogP contribution in [0.25, 0.3) is 0 Å². The van der Waals surface area contributed by atoms with E-state index in [0.29, 0.717) is 24.4 Å². The number of aryl methyl sites for hydroxylation is 1. The zero-order valence-corrected chi connectivity index (χ0v) is 11.9. The minimum Gasteiger partial charge on any atom is -0.469 e. The van der Waals surface area contributed by atoms with Crippen molar-refractivity contribution in [3.63, 3.8) is 0 Å². The molecule has 0 saturated carbocycles. The molecular formula is C16H20N2O2. The van der Waals surface area contributed by atoms with Gasteiger partial charge in [0.1, 0.15) is 5.76 Å². The highest BCUT2D eigenvalue weighted by Gasteiger charge is 2.18. The molecule has 0 atom stereocenters. The summed E-state index contributed by atoms with van der Waals surface area (Å²) >= 11 is 0. The van der Waals surface area contributed by atoms with E-state index in [1.54, 1.807) is 19.3 Å². The lowest BCUT2D eigenvalue weighted by atomic mass is 10.1. The average molecular weight is 272 g/mol. The van der Waals surface area contributed by atoms with E-state index >= 15 is 0 Å². The van der Waals surface area contributed by atoms with Gasteiger partial charge in [-0.2, -0.15) is 0 Å². The maximum absolute atomic E-state index is 12.5. The van der Waals surface area contributed by atoms with Gasteiger partial charge in [0.25, 0.3) is 5.91 Å². The number of carbonyl (C=O) groups is 1. The second-order valence-electron chi connectivity index (χ2n) is 4.86. The molecule has 2 rings (SSSR count). The van der Waals surface area contributed by atoms with Crippen LogP contribution in [-0.4, -0.2) is 17.4 Å². The Balaban J connectivity index is 2.16. The molecule has 0 saturated heterocycles. The highest BCUT2D eigenvalue weighted by molar-refractivity contribution is 5.95. The Kier molecular flexibility index (Phi) is 4.45. The molecule has 0 spiro atoms. The highest BCUT2D eigenvalue weighted by atomic mass is 16.3. The lowest BCUT2D eigenvalue weighted by molar-refractivity contribution is 0.0741. The van der Waals surface area contributed by atoms with Gasteiger partial charge in [-0.15, -0.1) is 0 Å². The summed E-state index contributed by atoms with van der Waals surface area (Å²) in [6, 6.07) is 9.34. The summed E-state index contributed by atoms with van der Waals surface area (Å²) in [6.07, 6.45) is 2.47. The van der Waals surface area contributed by atoms with E-state index in [-0.39, 0.29) is 5.91 Å². The zero-order chi connectivity index (χ0) is 14.5. The lowest BCUT2D eigenvalue weighted by Gasteiger charge is -2.22. The average Bonchev–Trinajstić information content (AvgIpc) is 2.86. The quantitative estimate of drug-likeness (QED) is 0.850. The number of hydrogen-bond donors (Lipinski definition) is 1. The van der Waals surface area contributed by atoms with Crippen molar-refractivity contribution in [2.24, 2.45) is 0 Å². The van der Waals surface area contributed by atoms with Gasteiger partial charge in [0.2, 0.25) is 0 Å². The van der Waals surface area contributed by atoms with Crippen LogP contribution in [0.4, 0.5) is 5.69 Å². The zero-order valence-electron chi connectivity index (χ0n) is 11.9. The van der Waals surface area contributed by atoms with Gasteiger partial charge in [0, 0.05) is 18.8 Å². The molecule has 0 aliphatic heterocycles. The number of nitrogens with two attached hydrogens (primary N) is 1. The number of nitrogens with zero attached hydrogens (tertiary/aromatic N) is 1. The van der Waals surface area contributed by atoms with Crippen LogP contribution in [0, 0.1) is 6.92 Å². The number of hydrogen-bond acceptors (Lipinski definition) is 3. The molecule has 2 aromatic rings. The first-order valence-corrected chi connectivity index (χ1v) is 6.79. The third-order valence-corrected chi connectivity index (χ3v) is 3.22. The first kappa shape index (κ1) is 14.2. The van der Waals surface area contributed by atoms with Crippen molar-refractivity contribution in [2.75, 3.05) is 12.3 Å². The van der Waals surface area contributed by atoms with Gasteiger partial charge in [0.15, 0.2) is 0 Å². The van der Waals surface area contributed by atoms with Gasteiger partial charge in [-0.1, -0.05) is 19.1 Å². The van der Waals surface area contributed by atoms with Crippen molar-refractivity contribution in [3.05, 3.63) is 53.5 Å². The number of furan rings is 1. The van der Waals surface area contributed by atoms with Crippen molar-refractivity contribution in [2.45, 2.75) is 26.8 Å². The van der Waals surface area contributed by atoms with Crippen LogP contribution in [-0.2, 0) is 6.54 Å². The van der Waals surface area contributed by atoms with Gasteiger partial charge in [-0.25, -0.2) is 0 Å². The fourth-order valence-corrected chi connectivity index (χ4v) is 2.14. The Hall–Kier alpha value is -2.23. The Morgan fingerprint density at radius 3 is 2.50 bits per heavy atom. The Bertz CT molecular complexity index is 572. The second-order valence-corrected chi connectivity index (χ2v) is 4.86. The van der Waals surface area contributed by atoms with E-state index < -0.39 is 0 Å². The topological polar surface area (TPSA) is 59.5 Å². The molecular weight excluding hydrogens is 252 g/mol. The second kappa shape index (κ2) is 6.28. The first-order valence-electron chi connectivity index (χ1n) is 6.79. The molecule has 106 valence electrons. The number of benzene rings is 1. The highest BCUT2D eigenvalue weighted by Crippen LogP contribution is 2.15. The largest absolute Gasteiger partial charge is 0.469 e. The molecule has 4 nitrogen and oxygen atoms in total. The van der Waals surface area contributed by atoms with E-state index in [4.69, 9.17) is 10.2 Å². The summed E-state index contributed by atoms with van der Waals surface area (Å²) < 4.78 is 5.22. The molecule has 2 N–H and O–H groups in total. The number of nitrogen functional groups attached to an aromatic ring is 1. The Morgan fingerprint density at radius 1 is 1.25 bits per heavy atom. The van der Waals surface area contributed by atoms with Crippen LogP contribution in [0.1, 0.15) is 35.0 Å². The fraction of sp³-hybridized carbons (Fsp3) is 0.312. The molecule has 0 aliphatic carbocycles. The van der Waals surface area contributed by atoms with Gasteiger partial charge in [-0.05, 0) is 37.1 Å². The predicted molar refractivity (Wildman–Crippen MR) is 79.3 cm³/mol. The maximum atomic E-state index is 12.5. The van der Waals surface area contributed by atoms with E-state index in [0.717, 1.165) is 17.7 Å². The van der Waals surface area contributed by atoms with Crippen molar-refractivity contribution >= 4 is 11.6 Å². The molecule has 0 unspecified atom stereocenters. The van der Waals surface area contributed by atoms with Crippen molar-refractivity contribution < 1.29 is 9.21 Å². The standard InChI is InChI=1S/C16H20N2O2/c1-3-9-18(11-13-4-6-14(17)7-5-13)16(19)15-8-10-20-12(15)2/h4-8,10H,3,9,11,17H2,1-2H3. The van der Waals surface area contributed by atoms with Crippen LogP contribution in [0.3, 0.4) is 0 Å². The predicted octanol–water partition coefficient (Wildman–Crippen LogP) is 3.22. The minimum absolute atomic E-state index is 0.00919. The van der Waals surface area contributed by atoms with Crippen molar-refractivity contribution in [1.82, 2.24) is 4.90 Å². The molecule has 0 radical (unpaired) electrons. The number of carbonyl (C=O) groups excluding carboxylic acids is 1. The van der Waals surface area contributed by atoms with Gasteiger partial charge in [-0.3, -0.25) is 4.79 Å². The van der Waals surface area contributed by atoms with Crippen molar-refractivity contribution in [1.29, 1.82) is 0 Å². The smallest absolute Gasteiger partial charge is 0.257 e. The molecule has 0 fully saturated rings. The van der Waals surface area contributed by atoms with Crippen LogP contribution >= 0.6 is 0 Å². The summed E-state index contributed by atoms with van der Waals surface area (Å²) in [5, 5.41) is 0. The summed E-state index contributed by atoms with van der Waals surface area (Å²) in [6.45, 7) is 5.16. The number of rotatable bonds is 5. The summed E-state index contributed by atoms with van der Waals surface area (Å²) in [5.41, 5.74) is 8.11. The summed E-state index contributed by atoms with van der Waals surface area (Å²) in [5.74, 6) is 0.670. The molecule has 4 heteroatoms.